The molecule has 0 saturated heterocycles. The number of halogens is 1. The Morgan fingerprint density at radius 3 is 2.50 bits per heavy atom. The maximum Gasteiger partial charge on any atom is 0.0210 e. The summed E-state index contributed by atoms with van der Waals surface area (Å²) in [7, 11) is 2.00. The Kier molecular flexibility index (Phi) is 5.00. The number of hydrogen-bond acceptors (Lipinski definition) is 1. The molecule has 0 unspecified atom stereocenters. The second kappa shape index (κ2) is 5.83. The Morgan fingerprint density at radius 1 is 1.31 bits per heavy atom. The van der Waals surface area contributed by atoms with Crippen molar-refractivity contribution in [2.24, 2.45) is 0 Å². The minimum atomic E-state index is 0.183. The van der Waals surface area contributed by atoms with Crippen LogP contribution in [0.2, 0.25) is 0 Å². The second-order valence-electron chi connectivity index (χ2n) is 4.97. The van der Waals surface area contributed by atoms with Gasteiger partial charge < -0.3 is 5.32 Å². The largest absolute Gasteiger partial charge is 0.319 e. The van der Waals surface area contributed by atoms with Gasteiger partial charge >= 0.3 is 0 Å². The van der Waals surface area contributed by atoms with E-state index in [1.807, 2.05) is 7.05 Å². The van der Waals surface area contributed by atoms with Crippen LogP contribution in [0.3, 0.4) is 0 Å². The summed E-state index contributed by atoms with van der Waals surface area (Å²) in [6.45, 7) is 7.74. The average Bonchev–Trinajstić information content (AvgIpc) is 2.21. The van der Waals surface area contributed by atoms with E-state index < -0.39 is 0 Å². The highest BCUT2D eigenvalue weighted by atomic mass is 79.9. The number of benzene rings is 1. The van der Waals surface area contributed by atoms with Crippen molar-refractivity contribution in [2.45, 2.75) is 39.0 Å². The summed E-state index contributed by atoms with van der Waals surface area (Å²) in [4.78, 5) is 0. The van der Waals surface area contributed by atoms with Crippen LogP contribution in [0.15, 0.2) is 22.7 Å². The number of likely N-dealkylation sites (N-methyl/N-ethyl adjacent to an activating group) is 1. The predicted molar refractivity (Wildman–Crippen MR) is 75.1 cm³/mol. The van der Waals surface area contributed by atoms with Gasteiger partial charge in [0.15, 0.2) is 0 Å². The maximum atomic E-state index is 3.67. The zero-order chi connectivity index (χ0) is 12.2. The second-order valence-corrected chi connectivity index (χ2v) is 5.82. The zero-order valence-electron chi connectivity index (χ0n) is 10.7. The molecule has 1 aromatic carbocycles. The first-order valence-electron chi connectivity index (χ1n) is 5.94. The molecule has 0 fully saturated rings. The van der Waals surface area contributed by atoms with Gasteiger partial charge in [0.1, 0.15) is 0 Å². The van der Waals surface area contributed by atoms with Crippen molar-refractivity contribution in [1.29, 1.82) is 0 Å². The molecule has 1 nitrogen and oxygen atoms in total. The van der Waals surface area contributed by atoms with Gasteiger partial charge in [0.25, 0.3) is 0 Å². The molecule has 0 aromatic heterocycles. The molecule has 16 heavy (non-hydrogen) atoms. The molecule has 0 aliphatic carbocycles. The fraction of sp³-hybridized carbons (Fsp3) is 0.571. The van der Waals surface area contributed by atoms with Crippen LogP contribution >= 0.6 is 15.9 Å². The van der Waals surface area contributed by atoms with Crippen molar-refractivity contribution in [3.05, 3.63) is 33.8 Å². The number of nitrogens with one attached hydrogen (secondary N) is 1. The molecule has 2 heteroatoms. The summed E-state index contributed by atoms with van der Waals surface area (Å²) >= 11 is 3.67. The first-order chi connectivity index (χ1) is 7.51. The van der Waals surface area contributed by atoms with Crippen LogP contribution in [0.5, 0.6) is 0 Å². The van der Waals surface area contributed by atoms with Gasteiger partial charge in [0, 0.05) is 16.4 Å². The van der Waals surface area contributed by atoms with Crippen molar-refractivity contribution < 1.29 is 0 Å². The van der Waals surface area contributed by atoms with Gasteiger partial charge in [-0.05, 0) is 30.7 Å². The highest BCUT2D eigenvalue weighted by Gasteiger charge is 2.20. The minimum absolute atomic E-state index is 0.183. The van der Waals surface area contributed by atoms with Gasteiger partial charge in [-0.3, -0.25) is 0 Å². The summed E-state index contributed by atoms with van der Waals surface area (Å²) < 4.78 is 1.25. The Balaban J connectivity index is 2.96. The third-order valence-electron chi connectivity index (χ3n) is 2.97. The SMILES string of the molecule is CCCc1ccc(C(C)(C)CNC)cc1Br. The Bertz CT molecular complexity index is 345. The van der Waals surface area contributed by atoms with Gasteiger partial charge in [-0.2, -0.15) is 0 Å². The van der Waals surface area contributed by atoms with Gasteiger partial charge in [-0.15, -0.1) is 0 Å². The fourth-order valence-electron chi connectivity index (χ4n) is 1.98. The van der Waals surface area contributed by atoms with E-state index >= 15 is 0 Å². The van der Waals surface area contributed by atoms with Crippen molar-refractivity contribution in [3.8, 4) is 0 Å². The molecule has 1 N–H and O–H groups in total. The van der Waals surface area contributed by atoms with Crippen molar-refractivity contribution in [1.82, 2.24) is 5.32 Å². The molecule has 0 saturated carbocycles. The summed E-state index contributed by atoms with van der Waals surface area (Å²) in [6, 6.07) is 6.77. The zero-order valence-corrected chi connectivity index (χ0v) is 12.3. The predicted octanol–water partition coefficient (Wildman–Crippen LogP) is 3.90. The third kappa shape index (κ3) is 3.33. The Hall–Kier alpha value is -0.340. The van der Waals surface area contributed by atoms with Crippen LogP contribution in [0.4, 0.5) is 0 Å². The maximum absolute atomic E-state index is 3.67. The molecular weight excluding hydrogens is 262 g/mol. The smallest absolute Gasteiger partial charge is 0.0210 e. The fourth-order valence-corrected chi connectivity index (χ4v) is 2.56. The third-order valence-corrected chi connectivity index (χ3v) is 3.71. The standard InChI is InChI=1S/C14H22BrN/c1-5-6-11-7-8-12(9-13(11)15)14(2,3)10-16-4/h7-9,16H,5-6,10H2,1-4H3. The monoisotopic (exact) mass is 283 g/mol. The lowest BCUT2D eigenvalue weighted by molar-refractivity contribution is 0.493. The molecule has 1 rings (SSSR count). The van der Waals surface area contributed by atoms with E-state index in [2.05, 4.69) is 60.2 Å². The van der Waals surface area contributed by atoms with Crippen LogP contribution in [0, 0.1) is 0 Å². The number of rotatable bonds is 5. The summed E-state index contributed by atoms with van der Waals surface area (Å²) in [5.74, 6) is 0. The normalized spacial score (nSPS) is 11.8. The van der Waals surface area contributed by atoms with Gasteiger partial charge in [-0.25, -0.2) is 0 Å². The molecule has 0 heterocycles. The van der Waals surface area contributed by atoms with Crippen LogP contribution in [-0.4, -0.2) is 13.6 Å². The topological polar surface area (TPSA) is 12.0 Å². The molecule has 0 radical (unpaired) electrons. The van der Waals surface area contributed by atoms with E-state index in [0.29, 0.717) is 0 Å². The van der Waals surface area contributed by atoms with E-state index in [1.165, 1.54) is 22.0 Å². The molecule has 90 valence electrons. The first kappa shape index (κ1) is 13.7. The molecule has 0 aliphatic heterocycles. The first-order valence-corrected chi connectivity index (χ1v) is 6.74. The molecular formula is C14H22BrN. The molecule has 0 amide bonds. The Labute approximate surface area is 108 Å². The highest BCUT2D eigenvalue weighted by molar-refractivity contribution is 9.10. The van der Waals surface area contributed by atoms with Gasteiger partial charge in [-0.1, -0.05) is 55.3 Å². The summed E-state index contributed by atoms with van der Waals surface area (Å²) in [5, 5.41) is 3.25. The molecule has 1 aromatic rings. The minimum Gasteiger partial charge on any atom is -0.319 e. The number of hydrogen-bond donors (Lipinski definition) is 1. The van der Waals surface area contributed by atoms with Crippen molar-refractivity contribution >= 4 is 15.9 Å². The molecule has 0 bridgehead atoms. The average molecular weight is 284 g/mol. The van der Waals surface area contributed by atoms with Crippen LogP contribution < -0.4 is 5.32 Å². The quantitative estimate of drug-likeness (QED) is 0.864. The van der Waals surface area contributed by atoms with Crippen LogP contribution in [0.25, 0.3) is 0 Å². The molecule has 0 spiro atoms. The summed E-state index contributed by atoms with van der Waals surface area (Å²) in [6.07, 6.45) is 2.34. The van der Waals surface area contributed by atoms with E-state index in [4.69, 9.17) is 0 Å². The van der Waals surface area contributed by atoms with Gasteiger partial charge in [0.2, 0.25) is 0 Å². The molecule has 0 aliphatic rings. The summed E-state index contributed by atoms with van der Waals surface area (Å²) in [5.41, 5.74) is 2.97. The lowest BCUT2D eigenvalue weighted by Crippen LogP contribution is -2.30. The van der Waals surface area contributed by atoms with E-state index in [1.54, 1.807) is 0 Å². The number of aryl methyl sites for hydroxylation is 1. The van der Waals surface area contributed by atoms with Crippen LogP contribution in [-0.2, 0) is 11.8 Å². The lowest BCUT2D eigenvalue weighted by Gasteiger charge is -2.25. The Morgan fingerprint density at radius 2 is 2.00 bits per heavy atom. The van der Waals surface area contributed by atoms with E-state index in [0.717, 1.165) is 13.0 Å². The van der Waals surface area contributed by atoms with Crippen molar-refractivity contribution in [2.75, 3.05) is 13.6 Å². The van der Waals surface area contributed by atoms with Gasteiger partial charge in [0.05, 0.1) is 0 Å². The van der Waals surface area contributed by atoms with E-state index in [9.17, 15) is 0 Å². The van der Waals surface area contributed by atoms with E-state index in [-0.39, 0.29) is 5.41 Å². The van der Waals surface area contributed by atoms with Crippen LogP contribution in [0.1, 0.15) is 38.3 Å². The highest BCUT2D eigenvalue weighted by Crippen LogP contribution is 2.28. The lowest BCUT2D eigenvalue weighted by atomic mass is 9.84. The molecule has 0 atom stereocenters. The van der Waals surface area contributed by atoms with Crippen molar-refractivity contribution in [3.63, 3.8) is 0 Å².